The van der Waals surface area contributed by atoms with E-state index in [0.29, 0.717) is 0 Å². The summed E-state index contributed by atoms with van der Waals surface area (Å²) in [5, 5.41) is 3.76. The first kappa shape index (κ1) is 20.5. The number of pyridine rings is 1. The number of rotatable bonds is 6. The van der Waals surface area contributed by atoms with Gasteiger partial charge in [0.15, 0.2) is 0 Å². The van der Waals surface area contributed by atoms with Crippen molar-refractivity contribution in [3.05, 3.63) is 76.5 Å². The van der Waals surface area contributed by atoms with Crippen molar-refractivity contribution in [1.29, 1.82) is 0 Å². The van der Waals surface area contributed by atoms with Crippen molar-refractivity contribution in [3.8, 4) is 17.0 Å². The zero-order chi connectivity index (χ0) is 21.1. The van der Waals surface area contributed by atoms with Crippen molar-refractivity contribution in [2.75, 3.05) is 12.4 Å². The van der Waals surface area contributed by atoms with Crippen molar-refractivity contribution in [3.63, 3.8) is 0 Å². The van der Waals surface area contributed by atoms with E-state index in [1.165, 1.54) is 39.2 Å². The lowest BCUT2D eigenvalue weighted by molar-refractivity contribution is 0.400. The van der Waals surface area contributed by atoms with Gasteiger partial charge in [0.25, 0.3) is 0 Å². The lowest BCUT2D eigenvalue weighted by Crippen LogP contribution is -2.20. The van der Waals surface area contributed by atoms with Crippen LogP contribution in [-0.2, 0) is 19.3 Å². The summed E-state index contributed by atoms with van der Waals surface area (Å²) in [7, 11) is 1.78. The quantitative estimate of drug-likeness (QED) is 0.501. The second-order valence-electron chi connectivity index (χ2n) is 8.13. The number of ether oxygens (including phenoxy) is 1. The van der Waals surface area contributed by atoms with Gasteiger partial charge in [0.2, 0.25) is 0 Å². The maximum Gasteiger partial charge on any atom is 0.128 e. The van der Waals surface area contributed by atoms with Crippen LogP contribution in [0.4, 0.5) is 5.69 Å². The third-order valence-electron chi connectivity index (χ3n) is 6.30. The first-order valence-electron chi connectivity index (χ1n) is 11.2. The Morgan fingerprint density at radius 2 is 1.77 bits per heavy atom. The maximum absolute atomic E-state index is 5.94. The minimum Gasteiger partial charge on any atom is -0.496 e. The Labute approximate surface area is 180 Å². The molecule has 1 N–H and O–H groups in total. The van der Waals surface area contributed by atoms with Gasteiger partial charge in [0, 0.05) is 22.9 Å². The summed E-state index contributed by atoms with van der Waals surface area (Å²) in [5.41, 5.74) is 9.90. The van der Waals surface area contributed by atoms with E-state index in [1.807, 2.05) is 0 Å². The molecule has 4 rings (SSSR count). The minimum absolute atomic E-state index is 0.221. The standard InChI is InChI=1S/C27H32N2O/c1-5-19-12-9-13-20(6-2)26(19)24-17-25(30-4)27-22(15-10-16-23(27)29-24)28-21-14-8-7-11-18(21)3/h7-9,11-14,17,22,28H,5-6,10,15-16H2,1-4H3. The molecule has 0 spiro atoms. The molecule has 0 amide bonds. The van der Waals surface area contributed by atoms with Crippen LogP contribution in [0.2, 0.25) is 0 Å². The molecule has 3 heteroatoms. The first-order chi connectivity index (χ1) is 14.7. The van der Waals surface area contributed by atoms with Crippen molar-refractivity contribution in [2.45, 2.75) is 58.9 Å². The van der Waals surface area contributed by atoms with E-state index in [0.717, 1.165) is 43.5 Å². The highest BCUT2D eigenvalue weighted by molar-refractivity contribution is 5.71. The van der Waals surface area contributed by atoms with Gasteiger partial charge >= 0.3 is 0 Å². The van der Waals surface area contributed by atoms with Crippen LogP contribution in [0, 0.1) is 6.92 Å². The molecule has 1 heterocycles. The molecule has 0 bridgehead atoms. The summed E-state index contributed by atoms with van der Waals surface area (Å²) >= 11 is 0. The summed E-state index contributed by atoms with van der Waals surface area (Å²) in [4.78, 5) is 5.20. The van der Waals surface area contributed by atoms with Crippen molar-refractivity contribution < 1.29 is 4.74 Å². The average molecular weight is 401 g/mol. The van der Waals surface area contributed by atoms with E-state index < -0.39 is 0 Å². The highest BCUT2D eigenvalue weighted by Gasteiger charge is 2.27. The Hall–Kier alpha value is -2.81. The smallest absolute Gasteiger partial charge is 0.128 e. The third kappa shape index (κ3) is 3.81. The van der Waals surface area contributed by atoms with Crippen LogP contribution in [-0.4, -0.2) is 12.1 Å². The van der Waals surface area contributed by atoms with Gasteiger partial charge in [0.05, 0.1) is 24.5 Å². The van der Waals surface area contributed by atoms with E-state index in [1.54, 1.807) is 7.11 Å². The number of anilines is 1. The molecule has 2 aromatic carbocycles. The highest BCUT2D eigenvalue weighted by Crippen LogP contribution is 2.41. The fourth-order valence-electron chi connectivity index (χ4n) is 4.70. The van der Waals surface area contributed by atoms with E-state index >= 15 is 0 Å². The fourth-order valence-corrected chi connectivity index (χ4v) is 4.70. The number of methoxy groups -OCH3 is 1. The molecule has 0 saturated heterocycles. The predicted molar refractivity (Wildman–Crippen MR) is 125 cm³/mol. The van der Waals surface area contributed by atoms with E-state index in [4.69, 9.17) is 9.72 Å². The fraction of sp³-hybridized carbons (Fsp3) is 0.370. The van der Waals surface area contributed by atoms with Gasteiger partial charge in [-0.1, -0.05) is 50.2 Å². The Morgan fingerprint density at radius 3 is 2.43 bits per heavy atom. The molecule has 156 valence electrons. The zero-order valence-corrected chi connectivity index (χ0v) is 18.6. The number of aryl methyl sites for hydroxylation is 4. The summed E-state index contributed by atoms with van der Waals surface area (Å²) in [6.45, 7) is 6.59. The van der Waals surface area contributed by atoms with Crippen LogP contribution in [0.1, 0.15) is 60.7 Å². The molecule has 1 aliphatic rings. The Balaban J connectivity index is 1.81. The molecule has 3 aromatic rings. The van der Waals surface area contributed by atoms with Gasteiger partial charge in [0.1, 0.15) is 5.75 Å². The molecule has 0 fully saturated rings. The van der Waals surface area contributed by atoms with Crippen molar-refractivity contribution >= 4 is 5.69 Å². The Morgan fingerprint density at radius 1 is 1.03 bits per heavy atom. The maximum atomic E-state index is 5.94. The zero-order valence-electron chi connectivity index (χ0n) is 18.6. The molecule has 0 radical (unpaired) electrons. The van der Waals surface area contributed by atoms with Crippen LogP contribution < -0.4 is 10.1 Å². The highest BCUT2D eigenvalue weighted by atomic mass is 16.5. The number of nitrogens with one attached hydrogen (secondary N) is 1. The predicted octanol–water partition coefficient (Wildman–Crippen LogP) is 6.68. The average Bonchev–Trinajstić information content (AvgIpc) is 2.79. The third-order valence-corrected chi connectivity index (χ3v) is 6.30. The molecule has 1 aromatic heterocycles. The lowest BCUT2D eigenvalue weighted by atomic mass is 9.88. The molecular formula is C27H32N2O. The monoisotopic (exact) mass is 400 g/mol. The number of nitrogens with zero attached hydrogens (tertiary/aromatic N) is 1. The minimum atomic E-state index is 0.221. The van der Waals surface area contributed by atoms with Crippen LogP contribution in [0.15, 0.2) is 48.5 Å². The van der Waals surface area contributed by atoms with Crippen LogP contribution in [0.25, 0.3) is 11.3 Å². The van der Waals surface area contributed by atoms with Gasteiger partial charge < -0.3 is 10.1 Å². The second-order valence-corrected chi connectivity index (χ2v) is 8.13. The van der Waals surface area contributed by atoms with Crippen molar-refractivity contribution in [2.24, 2.45) is 0 Å². The summed E-state index contributed by atoms with van der Waals surface area (Å²) in [6.07, 6.45) is 5.22. The van der Waals surface area contributed by atoms with E-state index in [-0.39, 0.29) is 6.04 Å². The largest absolute Gasteiger partial charge is 0.496 e. The second kappa shape index (κ2) is 8.91. The number of aromatic nitrogens is 1. The van der Waals surface area contributed by atoms with Gasteiger partial charge in [-0.3, -0.25) is 4.98 Å². The topological polar surface area (TPSA) is 34.1 Å². The number of benzene rings is 2. The molecule has 1 unspecified atom stereocenters. The van der Waals surface area contributed by atoms with Gasteiger partial charge in [-0.25, -0.2) is 0 Å². The number of hydrogen-bond acceptors (Lipinski definition) is 3. The van der Waals surface area contributed by atoms with E-state index in [2.05, 4.69) is 74.6 Å². The first-order valence-corrected chi connectivity index (χ1v) is 11.2. The number of para-hydroxylation sites is 1. The lowest BCUT2D eigenvalue weighted by Gasteiger charge is -2.29. The molecule has 0 aliphatic heterocycles. The Kier molecular flexibility index (Phi) is 6.08. The van der Waals surface area contributed by atoms with Crippen LogP contribution in [0.3, 0.4) is 0 Å². The van der Waals surface area contributed by atoms with Crippen LogP contribution in [0.5, 0.6) is 5.75 Å². The molecule has 3 nitrogen and oxygen atoms in total. The van der Waals surface area contributed by atoms with E-state index in [9.17, 15) is 0 Å². The number of hydrogen-bond donors (Lipinski definition) is 1. The molecule has 30 heavy (non-hydrogen) atoms. The molecule has 1 atom stereocenters. The van der Waals surface area contributed by atoms with Crippen LogP contribution >= 0.6 is 0 Å². The van der Waals surface area contributed by atoms with Gasteiger partial charge in [-0.15, -0.1) is 0 Å². The molecular weight excluding hydrogens is 368 g/mol. The van der Waals surface area contributed by atoms with Crippen molar-refractivity contribution in [1.82, 2.24) is 4.98 Å². The number of fused-ring (bicyclic) bond motifs is 1. The SMILES string of the molecule is CCc1cccc(CC)c1-c1cc(OC)c2c(n1)CCCC2Nc1ccccc1C. The molecule has 0 saturated carbocycles. The normalized spacial score (nSPS) is 15.5. The molecule has 1 aliphatic carbocycles. The summed E-state index contributed by atoms with van der Waals surface area (Å²) < 4.78 is 5.94. The Bertz CT molecular complexity index is 1000. The van der Waals surface area contributed by atoms with Gasteiger partial charge in [-0.2, -0.15) is 0 Å². The summed E-state index contributed by atoms with van der Waals surface area (Å²) in [6, 6.07) is 17.5. The summed E-state index contributed by atoms with van der Waals surface area (Å²) in [5.74, 6) is 0.953. The van der Waals surface area contributed by atoms with Gasteiger partial charge in [-0.05, 0) is 61.8 Å².